The van der Waals surface area contributed by atoms with E-state index in [-0.39, 0.29) is 5.69 Å². The summed E-state index contributed by atoms with van der Waals surface area (Å²) in [5, 5.41) is 9.16. The molecule has 0 spiro atoms. The van der Waals surface area contributed by atoms with Crippen LogP contribution < -0.4 is 4.90 Å². The fraction of sp³-hybridized carbons (Fsp3) is 0.320. The van der Waals surface area contributed by atoms with Crippen LogP contribution in [0.4, 0.5) is 21.5 Å². The Balaban J connectivity index is 1.48. The number of unbranched alkanes of at least 4 members (excludes halogenated alkanes) is 1. The molecule has 4 aromatic rings. The van der Waals surface area contributed by atoms with Gasteiger partial charge >= 0.3 is 0 Å². The maximum absolute atomic E-state index is 14.7. The standard InChI is InChI=1S/C25H27FN4S2/c1-4-7-8-20-16-23-25(31-20)27-24(32-23)17-9-14-22(21(26)15-17)29-28-18-10-12-19(13-11-18)30(5-2)6-3/h9-16H,4-8H2,1-3H3. The number of hydrogen-bond acceptors (Lipinski definition) is 6. The molecule has 4 nitrogen and oxygen atoms in total. The fourth-order valence-electron chi connectivity index (χ4n) is 3.53. The van der Waals surface area contributed by atoms with E-state index in [0.29, 0.717) is 5.69 Å². The summed E-state index contributed by atoms with van der Waals surface area (Å²) < 4.78 is 15.9. The number of thiazole rings is 1. The van der Waals surface area contributed by atoms with E-state index >= 15 is 0 Å². The molecule has 0 bridgehead atoms. The minimum Gasteiger partial charge on any atom is -0.372 e. The number of rotatable bonds is 9. The van der Waals surface area contributed by atoms with Gasteiger partial charge in [-0.15, -0.1) is 27.8 Å². The van der Waals surface area contributed by atoms with Crippen molar-refractivity contribution < 1.29 is 4.39 Å². The maximum Gasteiger partial charge on any atom is 0.151 e. The quantitative estimate of drug-likeness (QED) is 0.231. The molecule has 0 N–H and O–H groups in total. The third-order valence-corrected chi connectivity index (χ3v) is 7.63. The van der Waals surface area contributed by atoms with Crippen molar-refractivity contribution in [2.24, 2.45) is 10.2 Å². The van der Waals surface area contributed by atoms with Gasteiger partial charge in [0.15, 0.2) is 5.82 Å². The summed E-state index contributed by atoms with van der Waals surface area (Å²) in [7, 11) is 0. The molecule has 0 saturated carbocycles. The lowest BCUT2D eigenvalue weighted by atomic mass is 10.2. The molecule has 0 aliphatic carbocycles. The maximum atomic E-state index is 14.7. The summed E-state index contributed by atoms with van der Waals surface area (Å²) in [4.78, 5) is 9.39. The second-order valence-electron chi connectivity index (χ2n) is 7.56. The third kappa shape index (κ3) is 5.05. The number of hydrogen-bond donors (Lipinski definition) is 0. The molecule has 0 saturated heterocycles. The minimum atomic E-state index is -0.395. The molecule has 2 aromatic carbocycles. The molecule has 0 aliphatic rings. The number of fused-ring (bicyclic) bond motifs is 1. The first-order chi connectivity index (χ1) is 15.6. The van der Waals surface area contributed by atoms with Gasteiger partial charge < -0.3 is 4.90 Å². The average Bonchev–Trinajstić information content (AvgIpc) is 3.37. The average molecular weight is 467 g/mol. The number of azo groups is 1. The number of aromatic nitrogens is 1. The molecule has 0 radical (unpaired) electrons. The Hall–Kier alpha value is -2.64. The SMILES string of the molecule is CCCCc1cc2sc(-c3ccc(N=Nc4ccc(N(CC)CC)cc4)c(F)c3)nc2s1. The first kappa shape index (κ1) is 22.6. The van der Waals surface area contributed by atoms with Crippen LogP contribution >= 0.6 is 22.7 Å². The molecule has 0 atom stereocenters. The lowest BCUT2D eigenvalue weighted by Crippen LogP contribution is -2.21. The van der Waals surface area contributed by atoms with Gasteiger partial charge in [-0.25, -0.2) is 9.37 Å². The number of anilines is 1. The van der Waals surface area contributed by atoms with Crippen LogP contribution in [0, 0.1) is 5.82 Å². The molecule has 7 heteroatoms. The van der Waals surface area contributed by atoms with Crippen molar-refractivity contribution in [1.82, 2.24) is 4.98 Å². The van der Waals surface area contributed by atoms with Crippen molar-refractivity contribution in [3.8, 4) is 10.6 Å². The van der Waals surface area contributed by atoms with E-state index in [0.717, 1.165) is 40.6 Å². The van der Waals surface area contributed by atoms with Crippen molar-refractivity contribution >= 4 is 49.3 Å². The second kappa shape index (κ2) is 10.3. The van der Waals surface area contributed by atoms with Gasteiger partial charge in [0.1, 0.15) is 15.5 Å². The van der Waals surface area contributed by atoms with E-state index in [9.17, 15) is 4.39 Å². The first-order valence-electron chi connectivity index (χ1n) is 11.1. The predicted octanol–water partition coefficient (Wildman–Crippen LogP) is 8.77. The Kier molecular flexibility index (Phi) is 7.27. The van der Waals surface area contributed by atoms with Gasteiger partial charge in [-0.05, 0) is 75.2 Å². The molecule has 0 fully saturated rings. The van der Waals surface area contributed by atoms with Crippen LogP contribution in [0.1, 0.15) is 38.5 Å². The molecular weight excluding hydrogens is 439 g/mol. The van der Waals surface area contributed by atoms with E-state index in [4.69, 9.17) is 4.98 Å². The molecule has 4 rings (SSSR count). The first-order valence-corrected chi connectivity index (χ1v) is 12.7. The van der Waals surface area contributed by atoms with Crippen LogP contribution in [0.5, 0.6) is 0 Å². The van der Waals surface area contributed by atoms with Gasteiger partial charge in [-0.3, -0.25) is 0 Å². The normalized spacial score (nSPS) is 11.6. The van der Waals surface area contributed by atoms with Gasteiger partial charge in [0.25, 0.3) is 0 Å². The summed E-state index contributed by atoms with van der Waals surface area (Å²) in [6.45, 7) is 8.36. The minimum absolute atomic E-state index is 0.224. The van der Waals surface area contributed by atoms with Crippen LogP contribution in [-0.4, -0.2) is 18.1 Å². The molecule has 0 unspecified atom stereocenters. The lowest BCUT2D eigenvalue weighted by Gasteiger charge is -2.20. The molecular formula is C25H27FN4S2. The molecule has 32 heavy (non-hydrogen) atoms. The smallest absolute Gasteiger partial charge is 0.151 e. The Bertz CT molecular complexity index is 1180. The van der Waals surface area contributed by atoms with Crippen molar-refractivity contribution in [2.75, 3.05) is 18.0 Å². The molecule has 0 amide bonds. The summed E-state index contributed by atoms with van der Waals surface area (Å²) >= 11 is 3.35. The largest absolute Gasteiger partial charge is 0.372 e. The third-order valence-electron chi connectivity index (χ3n) is 5.36. The van der Waals surface area contributed by atoms with E-state index in [1.807, 2.05) is 30.3 Å². The highest BCUT2D eigenvalue weighted by molar-refractivity contribution is 7.28. The fourth-order valence-corrected chi connectivity index (χ4v) is 5.81. The zero-order chi connectivity index (χ0) is 22.5. The monoisotopic (exact) mass is 466 g/mol. The van der Waals surface area contributed by atoms with Crippen LogP contribution in [0.2, 0.25) is 0 Å². The number of aryl methyl sites for hydroxylation is 1. The molecule has 2 heterocycles. The number of thiophene rings is 1. The number of benzene rings is 2. The van der Waals surface area contributed by atoms with Crippen molar-refractivity contribution in [2.45, 2.75) is 40.0 Å². The van der Waals surface area contributed by atoms with E-state index in [1.165, 1.54) is 28.5 Å². The van der Waals surface area contributed by atoms with Crippen LogP contribution in [0.15, 0.2) is 58.8 Å². The van der Waals surface area contributed by atoms with Crippen LogP contribution in [0.25, 0.3) is 20.1 Å². The van der Waals surface area contributed by atoms with Gasteiger partial charge in [0.05, 0.1) is 10.4 Å². The highest BCUT2D eigenvalue weighted by Gasteiger charge is 2.12. The van der Waals surface area contributed by atoms with E-state index in [1.54, 1.807) is 28.7 Å². The second-order valence-corrected chi connectivity index (χ2v) is 9.71. The topological polar surface area (TPSA) is 40.9 Å². The summed E-state index contributed by atoms with van der Waals surface area (Å²) in [6, 6.07) is 15.1. The summed E-state index contributed by atoms with van der Waals surface area (Å²) in [6.07, 6.45) is 3.49. The Morgan fingerprint density at radius 3 is 2.38 bits per heavy atom. The van der Waals surface area contributed by atoms with Crippen molar-refractivity contribution in [1.29, 1.82) is 0 Å². The Labute approximate surface area is 196 Å². The van der Waals surface area contributed by atoms with Crippen LogP contribution in [-0.2, 0) is 6.42 Å². The van der Waals surface area contributed by atoms with Crippen molar-refractivity contribution in [3.63, 3.8) is 0 Å². The lowest BCUT2D eigenvalue weighted by molar-refractivity contribution is 0.629. The number of nitrogens with zero attached hydrogens (tertiary/aromatic N) is 4. The Morgan fingerprint density at radius 1 is 0.938 bits per heavy atom. The highest BCUT2D eigenvalue weighted by Crippen LogP contribution is 2.37. The zero-order valence-electron chi connectivity index (χ0n) is 18.6. The summed E-state index contributed by atoms with van der Waals surface area (Å²) in [5.41, 5.74) is 2.84. The van der Waals surface area contributed by atoms with Gasteiger partial charge in [0.2, 0.25) is 0 Å². The Morgan fingerprint density at radius 2 is 1.72 bits per heavy atom. The van der Waals surface area contributed by atoms with E-state index < -0.39 is 5.82 Å². The van der Waals surface area contributed by atoms with E-state index in [2.05, 4.69) is 42.0 Å². The van der Waals surface area contributed by atoms with Crippen LogP contribution in [0.3, 0.4) is 0 Å². The van der Waals surface area contributed by atoms with Gasteiger partial charge in [-0.2, -0.15) is 5.11 Å². The van der Waals surface area contributed by atoms with Crippen molar-refractivity contribution in [3.05, 3.63) is 59.2 Å². The number of halogens is 1. The molecule has 0 aliphatic heterocycles. The summed E-state index contributed by atoms with van der Waals surface area (Å²) in [5.74, 6) is -0.395. The highest BCUT2D eigenvalue weighted by atomic mass is 32.1. The van der Waals surface area contributed by atoms with Gasteiger partial charge in [0, 0.05) is 29.2 Å². The van der Waals surface area contributed by atoms with Gasteiger partial charge in [-0.1, -0.05) is 13.3 Å². The zero-order valence-corrected chi connectivity index (χ0v) is 20.3. The molecule has 166 valence electrons. The predicted molar refractivity (Wildman–Crippen MR) is 136 cm³/mol. The molecule has 2 aromatic heterocycles.